The van der Waals surface area contributed by atoms with Crippen LogP contribution in [0.1, 0.15) is 18.4 Å². The van der Waals surface area contributed by atoms with Crippen molar-refractivity contribution in [2.45, 2.75) is 30.3 Å². The number of carbonyl (C=O) groups is 1. The van der Waals surface area contributed by atoms with Crippen molar-refractivity contribution in [3.63, 3.8) is 0 Å². The van der Waals surface area contributed by atoms with Gasteiger partial charge in [-0.1, -0.05) is 6.07 Å². The molecule has 2 N–H and O–H groups in total. The fraction of sp³-hybridized carbons (Fsp3) is 0.500. The molecule has 22 heavy (non-hydrogen) atoms. The molecule has 2 heterocycles. The minimum absolute atomic E-state index is 0.0579. The van der Waals surface area contributed by atoms with Gasteiger partial charge in [-0.25, -0.2) is 17.5 Å². The van der Waals surface area contributed by atoms with Gasteiger partial charge in [0.1, 0.15) is 10.7 Å². The maximum atomic E-state index is 13.8. The van der Waals surface area contributed by atoms with Crippen LogP contribution >= 0.6 is 0 Å². The highest BCUT2D eigenvalue weighted by Gasteiger charge is 2.66. The molecule has 8 heteroatoms. The second kappa shape index (κ2) is 4.74. The number of sulfonamides is 1. The first-order valence-electron chi connectivity index (χ1n) is 6.81. The van der Waals surface area contributed by atoms with E-state index in [1.165, 1.54) is 12.1 Å². The van der Waals surface area contributed by atoms with Crippen molar-refractivity contribution in [3.05, 3.63) is 29.6 Å². The Balaban J connectivity index is 1.71. The molecule has 0 aromatic heterocycles. The SMILES string of the molecule is Cc1ccc(S(=O)(=O)NCC23CC(C(=O)O)(CO2)C3)c(F)c1. The second-order valence-corrected chi connectivity index (χ2v) is 7.90. The van der Waals surface area contributed by atoms with Crippen molar-refractivity contribution < 1.29 is 27.4 Å². The van der Waals surface area contributed by atoms with Crippen molar-refractivity contribution in [3.8, 4) is 0 Å². The third-order valence-electron chi connectivity index (χ3n) is 4.39. The minimum Gasteiger partial charge on any atom is -0.481 e. The lowest BCUT2D eigenvalue weighted by Gasteiger charge is -2.41. The Morgan fingerprint density at radius 1 is 1.45 bits per heavy atom. The summed E-state index contributed by atoms with van der Waals surface area (Å²) in [4.78, 5) is 10.7. The molecule has 0 radical (unpaired) electrons. The number of ether oxygens (including phenoxy) is 1. The van der Waals surface area contributed by atoms with E-state index in [1.54, 1.807) is 6.92 Å². The van der Waals surface area contributed by atoms with Gasteiger partial charge < -0.3 is 9.84 Å². The number of halogens is 1. The third kappa shape index (κ3) is 2.31. The molecule has 2 bridgehead atoms. The van der Waals surface area contributed by atoms with Crippen LogP contribution in [0.15, 0.2) is 23.1 Å². The monoisotopic (exact) mass is 329 g/mol. The van der Waals surface area contributed by atoms with Crippen LogP contribution in [0.3, 0.4) is 0 Å². The van der Waals surface area contributed by atoms with Crippen LogP contribution in [0, 0.1) is 18.2 Å². The molecule has 2 aliphatic heterocycles. The van der Waals surface area contributed by atoms with E-state index in [2.05, 4.69) is 4.72 Å². The summed E-state index contributed by atoms with van der Waals surface area (Å²) in [6.07, 6.45) is 0.544. The second-order valence-electron chi connectivity index (χ2n) is 6.17. The quantitative estimate of drug-likeness (QED) is 0.842. The van der Waals surface area contributed by atoms with Gasteiger partial charge >= 0.3 is 5.97 Å². The van der Waals surface area contributed by atoms with Crippen LogP contribution in [0.2, 0.25) is 0 Å². The Bertz CT molecular complexity index is 740. The number of fused-ring (bicyclic) bond motifs is 1. The van der Waals surface area contributed by atoms with Crippen LogP contribution in [-0.4, -0.2) is 38.2 Å². The summed E-state index contributed by atoms with van der Waals surface area (Å²) in [6, 6.07) is 3.88. The third-order valence-corrected chi connectivity index (χ3v) is 5.83. The number of aryl methyl sites for hydroxylation is 1. The van der Waals surface area contributed by atoms with Gasteiger partial charge in [0, 0.05) is 6.54 Å². The lowest BCUT2D eigenvalue weighted by Crippen LogP contribution is -2.54. The first kappa shape index (κ1) is 15.4. The molecular formula is C14H16FNO5S. The molecule has 0 unspecified atom stereocenters. The van der Waals surface area contributed by atoms with Gasteiger partial charge in [-0.3, -0.25) is 4.79 Å². The predicted octanol–water partition coefficient (Wildman–Crippen LogP) is 1.05. The van der Waals surface area contributed by atoms with Crippen LogP contribution in [-0.2, 0) is 19.6 Å². The van der Waals surface area contributed by atoms with E-state index in [-0.39, 0.29) is 26.0 Å². The summed E-state index contributed by atoms with van der Waals surface area (Å²) in [5, 5.41) is 9.13. The fourth-order valence-corrected chi connectivity index (χ4v) is 4.37. The normalized spacial score (nSPS) is 30.1. The smallest absolute Gasteiger partial charge is 0.312 e. The zero-order valence-corrected chi connectivity index (χ0v) is 12.7. The van der Waals surface area contributed by atoms with Crippen molar-refractivity contribution >= 4 is 16.0 Å². The first-order valence-corrected chi connectivity index (χ1v) is 8.30. The minimum atomic E-state index is -4.00. The number of carboxylic acid groups (broad SMARTS) is 1. The van der Waals surface area contributed by atoms with Crippen molar-refractivity contribution in [2.75, 3.05) is 13.2 Å². The highest BCUT2D eigenvalue weighted by Crippen LogP contribution is 2.57. The van der Waals surface area contributed by atoms with Gasteiger partial charge in [-0.2, -0.15) is 0 Å². The standard InChI is InChI=1S/C14H16FNO5S/c1-9-2-3-11(10(15)4-9)22(19,20)16-7-14-5-13(6-14,8-21-14)12(17)18/h2-4,16H,5-8H2,1H3,(H,17,18). The van der Waals surface area contributed by atoms with E-state index in [0.29, 0.717) is 5.56 Å². The Hall–Kier alpha value is -1.51. The van der Waals surface area contributed by atoms with Gasteiger partial charge in [0.05, 0.1) is 17.6 Å². The lowest BCUT2D eigenvalue weighted by molar-refractivity contribution is -0.153. The van der Waals surface area contributed by atoms with Crippen LogP contribution in [0.5, 0.6) is 0 Å². The highest BCUT2D eigenvalue weighted by molar-refractivity contribution is 7.89. The Morgan fingerprint density at radius 2 is 2.14 bits per heavy atom. The zero-order valence-electron chi connectivity index (χ0n) is 11.9. The van der Waals surface area contributed by atoms with Crippen molar-refractivity contribution in [2.24, 2.45) is 5.41 Å². The maximum absolute atomic E-state index is 13.8. The molecule has 4 rings (SSSR count). The van der Waals surface area contributed by atoms with E-state index in [4.69, 9.17) is 9.84 Å². The number of benzene rings is 1. The lowest BCUT2D eigenvalue weighted by atomic mass is 9.62. The largest absolute Gasteiger partial charge is 0.481 e. The van der Waals surface area contributed by atoms with E-state index >= 15 is 0 Å². The summed E-state index contributed by atoms with van der Waals surface area (Å²) >= 11 is 0. The highest BCUT2D eigenvalue weighted by atomic mass is 32.2. The molecule has 1 aromatic rings. The van der Waals surface area contributed by atoms with Crippen LogP contribution in [0.4, 0.5) is 4.39 Å². The Kier molecular flexibility index (Phi) is 3.32. The topological polar surface area (TPSA) is 92.7 Å². The van der Waals surface area contributed by atoms with E-state index in [9.17, 15) is 17.6 Å². The molecular weight excluding hydrogens is 313 g/mol. The van der Waals surface area contributed by atoms with Crippen molar-refractivity contribution in [1.29, 1.82) is 0 Å². The van der Waals surface area contributed by atoms with Gasteiger partial charge in [0.25, 0.3) is 0 Å². The summed E-state index contributed by atoms with van der Waals surface area (Å²) in [5.41, 5.74) is -1.05. The molecule has 120 valence electrons. The molecule has 2 saturated heterocycles. The molecule has 6 nitrogen and oxygen atoms in total. The molecule has 0 spiro atoms. The molecule has 0 atom stereocenters. The molecule has 1 saturated carbocycles. The summed E-state index contributed by atoms with van der Waals surface area (Å²) in [5.74, 6) is -1.74. The maximum Gasteiger partial charge on any atom is 0.312 e. The predicted molar refractivity (Wildman–Crippen MR) is 74.3 cm³/mol. The van der Waals surface area contributed by atoms with E-state index in [1.807, 2.05) is 0 Å². The van der Waals surface area contributed by atoms with Gasteiger partial charge in [-0.15, -0.1) is 0 Å². The number of aliphatic carboxylic acids is 1. The molecule has 1 aliphatic carbocycles. The number of carboxylic acids is 1. The summed E-state index contributed by atoms with van der Waals surface area (Å²) in [7, 11) is -4.00. The van der Waals surface area contributed by atoms with E-state index < -0.39 is 37.7 Å². The summed E-state index contributed by atoms with van der Waals surface area (Å²) in [6.45, 7) is 1.69. The molecule has 0 amide bonds. The number of hydrogen-bond acceptors (Lipinski definition) is 4. The van der Waals surface area contributed by atoms with Gasteiger partial charge in [0.2, 0.25) is 10.0 Å². The number of hydrogen-bond donors (Lipinski definition) is 2. The number of nitrogens with one attached hydrogen (secondary N) is 1. The van der Waals surface area contributed by atoms with Gasteiger partial charge in [-0.05, 0) is 37.5 Å². The molecule has 3 aliphatic rings. The average molecular weight is 329 g/mol. The fourth-order valence-electron chi connectivity index (χ4n) is 3.19. The average Bonchev–Trinajstić information content (AvgIpc) is 2.92. The van der Waals surface area contributed by atoms with Gasteiger partial charge in [0.15, 0.2) is 0 Å². The van der Waals surface area contributed by atoms with Crippen LogP contribution in [0.25, 0.3) is 0 Å². The molecule has 1 aromatic carbocycles. The molecule has 3 fully saturated rings. The summed E-state index contributed by atoms with van der Waals surface area (Å²) < 4.78 is 45.9. The zero-order chi connectivity index (χ0) is 16.2. The van der Waals surface area contributed by atoms with Crippen LogP contribution < -0.4 is 4.72 Å². The Morgan fingerprint density at radius 3 is 2.68 bits per heavy atom. The first-order chi connectivity index (χ1) is 10.2. The number of rotatable bonds is 5. The van der Waals surface area contributed by atoms with E-state index in [0.717, 1.165) is 6.07 Å². The van der Waals surface area contributed by atoms with Crippen molar-refractivity contribution in [1.82, 2.24) is 4.72 Å². The Labute approximate surface area is 127 Å².